The number of piperidine rings is 1. The Morgan fingerprint density at radius 1 is 1.35 bits per heavy atom. The molecule has 0 aliphatic carbocycles. The molecule has 17 heavy (non-hydrogen) atoms. The van der Waals surface area contributed by atoms with Crippen LogP contribution in [-0.2, 0) is 14.6 Å². The molecular weight excluding hydrogens is 240 g/mol. The van der Waals surface area contributed by atoms with Crippen LogP contribution in [0.4, 0.5) is 0 Å². The summed E-state index contributed by atoms with van der Waals surface area (Å²) < 4.78 is 21.7. The first-order chi connectivity index (χ1) is 7.64. The summed E-state index contributed by atoms with van der Waals surface area (Å²) in [5.74, 6) is 0.0799. The van der Waals surface area contributed by atoms with Crippen LogP contribution in [0.15, 0.2) is 0 Å². The second-order valence-corrected chi connectivity index (χ2v) is 8.02. The standard InChI is InChI=1S/C11H22N2O3S/c1-8-5-9(7-12-6-8)13-10(14)11(2,3)17(4,15)16/h8-9,12H,5-7H2,1-4H3,(H,13,14). The molecule has 0 aromatic rings. The van der Waals surface area contributed by atoms with Crippen LogP contribution in [0.1, 0.15) is 27.2 Å². The average Bonchev–Trinajstić information content (AvgIpc) is 2.15. The number of carbonyl (C=O) groups is 1. The van der Waals surface area contributed by atoms with E-state index in [0.29, 0.717) is 12.5 Å². The van der Waals surface area contributed by atoms with E-state index >= 15 is 0 Å². The highest BCUT2D eigenvalue weighted by Crippen LogP contribution is 2.17. The van der Waals surface area contributed by atoms with Crippen molar-refractivity contribution in [3.05, 3.63) is 0 Å². The first-order valence-corrected chi connectivity index (χ1v) is 7.75. The van der Waals surface area contributed by atoms with Gasteiger partial charge in [0.2, 0.25) is 5.91 Å². The number of hydrogen-bond acceptors (Lipinski definition) is 4. The zero-order chi connectivity index (χ0) is 13.3. The Morgan fingerprint density at radius 2 is 1.94 bits per heavy atom. The number of hydrogen-bond donors (Lipinski definition) is 2. The van der Waals surface area contributed by atoms with E-state index in [1.165, 1.54) is 13.8 Å². The fourth-order valence-electron chi connectivity index (χ4n) is 1.79. The molecule has 0 bridgehead atoms. The summed E-state index contributed by atoms with van der Waals surface area (Å²) in [5.41, 5.74) is 0. The molecule has 1 fully saturated rings. The van der Waals surface area contributed by atoms with E-state index < -0.39 is 20.5 Å². The molecule has 0 saturated carbocycles. The van der Waals surface area contributed by atoms with Crippen LogP contribution < -0.4 is 10.6 Å². The minimum atomic E-state index is -3.40. The molecule has 0 aromatic heterocycles. The van der Waals surface area contributed by atoms with Gasteiger partial charge in [-0.3, -0.25) is 4.79 Å². The molecule has 2 atom stereocenters. The third-order valence-corrected chi connectivity index (χ3v) is 5.42. The van der Waals surface area contributed by atoms with Crippen LogP contribution in [0.25, 0.3) is 0 Å². The molecule has 100 valence electrons. The van der Waals surface area contributed by atoms with Crippen molar-refractivity contribution in [1.29, 1.82) is 0 Å². The van der Waals surface area contributed by atoms with Crippen molar-refractivity contribution < 1.29 is 13.2 Å². The van der Waals surface area contributed by atoms with Crippen molar-refractivity contribution in [2.45, 2.75) is 38.0 Å². The smallest absolute Gasteiger partial charge is 0.241 e. The van der Waals surface area contributed by atoms with E-state index in [9.17, 15) is 13.2 Å². The van der Waals surface area contributed by atoms with Gasteiger partial charge in [-0.05, 0) is 32.7 Å². The van der Waals surface area contributed by atoms with Gasteiger partial charge in [0, 0.05) is 18.8 Å². The van der Waals surface area contributed by atoms with Gasteiger partial charge in [-0.2, -0.15) is 0 Å². The molecule has 0 aromatic carbocycles. The van der Waals surface area contributed by atoms with Gasteiger partial charge in [0.15, 0.2) is 9.84 Å². The monoisotopic (exact) mass is 262 g/mol. The number of amides is 1. The second kappa shape index (κ2) is 4.94. The molecule has 0 radical (unpaired) electrons. The summed E-state index contributed by atoms with van der Waals surface area (Å²) in [6.07, 6.45) is 1.98. The molecule has 0 spiro atoms. The highest BCUT2D eigenvalue weighted by Gasteiger charge is 2.39. The molecule has 1 aliphatic heterocycles. The zero-order valence-corrected chi connectivity index (χ0v) is 11.7. The van der Waals surface area contributed by atoms with Crippen molar-refractivity contribution in [2.75, 3.05) is 19.3 Å². The molecule has 1 saturated heterocycles. The van der Waals surface area contributed by atoms with Gasteiger partial charge < -0.3 is 10.6 Å². The summed E-state index contributed by atoms with van der Waals surface area (Å²) in [6.45, 7) is 6.64. The third-order valence-electron chi connectivity index (χ3n) is 3.38. The second-order valence-electron chi connectivity index (χ2n) is 5.45. The topological polar surface area (TPSA) is 75.3 Å². The van der Waals surface area contributed by atoms with Gasteiger partial charge in [0.25, 0.3) is 0 Å². The van der Waals surface area contributed by atoms with E-state index in [2.05, 4.69) is 17.6 Å². The first kappa shape index (κ1) is 14.4. The highest BCUT2D eigenvalue weighted by molar-refractivity contribution is 7.92. The minimum absolute atomic E-state index is 0.0206. The summed E-state index contributed by atoms with van der Waals surface area (Å²) in [7, 11) is -3.40. The van der Waals surface area contributed by atoms with Crippen molar-refractivity contribution in [2.24, 2.45) is 5.92 Å². The van der Waals surface area contributed by atoms with Crippen LogP contribution in [0.2, 0.25) is 0 Å². The molecule has 6 heteroatoms. The minimum Gasteiger partial charge on any atom is -0.351 e. The molecule has 1 heterocycles. The predicted molar refractivity (Wildman–Crippen MR) is 67.5 cm³/mol. The largest absolute Gasteiger partial charge is 0.351 e. The van der Waals surface area contributed by atoms with Crippen molar-refractivity contribution >= 4 is 15.7 Å². The fraction of sp³-hybridized carbons (Fsp3) is 0.909. The lowest BCUT2D eigenvalue weighted by atomic mass is 9.97. The Bertz CT molecular complexity index is 390. The fourth-order valence-corrected chi connectivity index (χ4v) is 2.19. The van der Waals surface area contributed by atoms with E-state index in [-0.39, 0.29) is 6.04 Å². The third kappa shape index (κ3) is 3.42. The Labute approximate surface area is 103 Å². The van der Waals surface area contributed by atoms with E-state index in [0.717, 1.165) is 19.2 Å². The van der Waals surface area contributed by atoms with Gasteiger partial charge in [0.05, 0.1) is 0 Å². The van der Waals surface area contributed by atoms with Crippen molar-refractivity contribution in [3.63, 3.8) is 0 Å². The lowest BCUT2D eigenvalue weighted by Crippen LogP contribution is -2.55. The molecule has 1 aliphatic rings. The van der Waals surface area contributed by atoms with Gasteiger partial charge in [0.1, 0.15) is 4.75 Å². The zero-order valence-electron chi connectivity index (χ0n) is 10.9. The maximum Gasteiger partial charge on any atom is 0.241 e. The SMILES string of the molecule is CC1CNCC(NC(=O)C(C)(C)S(C)(=O)=O)C1. The van der Waals surface area contributed by atoms with Crippen LogP contribution >= 0.6 is 0 Å². The molecule has 1 rings (SSSR count). The van der Waals surface area contributed by atoms with Crippen LogP contribution in [-0.4, -0.2) is 44.5 Å². The first-order valence-electron chi connectivity index (χ1n) is 5.86. The summed E-state index contributed by atoms with van der Waals surface area (Å²) >= 11 is 0. The normalized spacial score (nSPS) is 26.6. The number of sulfone groups is 1. The Hall–Kier alpha value is -0.620. The average molecular weight is 262 g/mol. The number of nitrogens with one attached hydrogen (secondary N) is 2. The van der Waals surface area contributed by atoms with Gasteiger partial charge in [-0.25, -0.2) is 8.42 Å². The number of carbonyl (C=O) groups excluding carboxylic acids is 1. The lowest BCUT2D eigenvalue weighted by Gasteiger charge is -2.31. The molecule has 5 nitrogen and oxygen atoms in total. The predicted octanol–water partition coefficient (Wildman–Crippen LogP) is -0.0762. The van der Waals surface area contributed by atoms with Gasteiger partial charge in [-0.15, -0.1) is 0 Å². The van der Waals surface area contributed by atoms with Gasteiger partial charge in [-0.1, -0.05) is 6.92 Å². The Balaban J connectivity index is 2.66. The molecule has 2 N–H and O–H groups in total. The Kier molecular flexibility index (Phi) is 4.19. The van der Waals surface area contributed by atoms with Crippen LogP contribution in [0, 0.1) is 5.92 Å². The maximum absolute atomic E-state index is 12.0. The number of rotatable bonds is 3. The van der Waals surface area contributed by atoms with E-state index in [1.807, 2.05) is 0 Å². The summed E-state index contributed by atoms with van der Waals surface area (Å²) in [5, 5.41) is 6.03. The van der Waals surface area contributed by atoms with Gasteiger partial charge >= 0.3 is 0 Å². The Morgan fingerprint density at radius 3 is 2.41 bits per heavy atom. The van der Waals surface area contributed by atoms with Crippen molar-refractivity contribution in [3.8, 4) is 0 Å². The van der Waals surface area contributed by atoms with Crippen LogP contribution in [0.3, 0.4) is 0 Å². The lowest BCUT2D eigenvalue weighted by molar-refractivity contribution is -0.123. The summed E-state index contributed by atoms with van der Waals surface area (Å²) in [4.78, 5) is 12.0. The quantitative estimate of drug-likeness (QED) is 0.746. The maximum atomic E-state index is 12.0. The van der Waals surface area contributed by atoms with Crippen LogP contribution in [0.5, 0.6) is 0 Å². The van der Waals surface area contributed by atoms with E-state index in [1.54, 1.807) is 0 Å². The molecule has 1 amide bonds. The molecular formula is C11H22N2O3S. The highest BCUT2D eigenvalue weighted by atomic mass is 32.2. The molecule has 2 unspecified atom stereocenters. The van der Waals surface area contributed by atoms with E-state index in [4.69, 9.17) is 0 Å². The summed E-state index contributed by atoms with van der Waals surface area (Å²) in [6, 6.07) is 0.0206. The van der Waals surface area contributed by atoms with Crippen molar-refractivity contribution in [1.82, 2.24) is 10.6 Å².